The van der Waals surface area contributed by atoms with Gasteiger partial charge < -0.3 is 20.5 Å². The van der Waals surface area contributed by atoms with Crippen LogP contribution in [0, 0.1) is 5.92 Å². The molecule has 0 radical (unpaired) electrons. The van der Waals surface area contributed by atoms with Crippen molar-refractivity contribution in [1.82, 2.24) is 5.32 Å². The molecule has 0 bridgehead atoms. The van der Waals surface area contributed by atoms with Crippen LogP contribution >= 0.6 is 15.9 Å². The van der Waals surface area contributed by atoms with Crippen molar-refractivity contribution in [3.05, 3.63) is 22.2 Å². The van der Waals surface area contributed by atoms with Crippen molar-refractivity contribution in [3.63, 3.8) is 0 Å². The van der Waals surface area contributed by atoms with E-state index in [-0.39, 0.29) is 6.04 Å². The zero-order valence-electron chi connectivity index (χ0n) is 13.4. The fourth-order valence-corrected chi connectivity index (χ4v) is 2.94. The first-order chi connectivity index (χ1) is 10.1. The first-order valence-corrected chi connectivity index (χ1v) is 8.25. The molecule has 1 aromatic rings. The smallest absolute Gasteiger partial charge is 0.161 e. The number of hydrogen-bond donors (Lipinski definition) is 2. The summed E-state index contributed by atoms with van der Waals surface area (Å²) >= 11 is 3.60. The van der Waals surface area contributed by atoms with Crippen LogP contribution in [0.25, 0.3) is 0 Å². The Bertz CT molecular complexity index is 437. The summed E-state index contributed by atoms with van der Waals surface area (Å²) in [5.74, 6) is 2.11. The minimum atomic E-state index is 0.0970. The second-order valence-electron chi connectivity index (χ2n) is 5.11. The van der Waals surface area contributed by atoms with Gasteiger partial charge in [0, 0.05) is 17.1 Å². The Morgan fingerprint density at radius 1 is 1.14 bits per heavy atom. The van der Waals surface area contributed by atoms with Crippen LogP contribution in [-0.2, 0) is 0 Å². The standard InChI is InChI=1S/C16H27BrN2O2/c1-5-11(6-2)10-19-14(9-18)12-7-15(20-3)16(21-4)8-13(12)17/h7-8,11,14,19H,5-6,9-10,18H2,1-4H3. The molecule has 0 aliphatic heterocycles. The van der Waals surface area contributed by atoms with Gasteiger partial charge in [-0.05, 0) is 30.2 Å². The van der Waals surface area contributed by atoms with E-state index in [9.17, 15) is 0 Å². The largest absolute Gasteiger partial charge is 0.493 e. The van der Waals surface area contributed by atoms with Crippen LogP contribution in [0.4, 0.5) is 0 Å². The predicted octanol–water partition coefficient (Wildman–Crippen LogP) is 3.49. The van der Waals surface area contributed by atoms with E-state index in [2.05, 4.69) is 35.1 Å². The molecule has 0 amide bonds. The van der Waals surface area contributed by atoms with E-state index in [4.69, 9.17) is 15.2 Å². The van der Waals surface area contributed by atoms with Crippen LogP contribution in [0.15, 0.2) is 16.6 Å². The summed E-state index contributed by atoms with van der Waals surface area (Å²) in [6, 6.07) is 4.01. The van der Waals surface area contributed by atoms with E-state index in [1.807, 2.05) is 12.1 Å². The number of hydrogen-bond acceptors (Lipinski definition) is 4. The highest BCUT2D eigenvalue weighted by atomic mass is 79.9. The van der Waals surface area contributed by atoms with E-state index in [0.29, 0.717) is 18.2 Å². The van der Waals surface area contributed by atoms with Gasteiger partial charge in [-0.3, -0.25) is 0 Å². The molecule has 0 aliphatic rings. The first-order valence-electron chi connectivity index (χ1n) is 7.45. The molecule has 0 heterocycles. The lowest BCUT2D eigenvalue weighted by Gasteiger charge is -2.23. The molecule has 0 saturated carbocycles. The SMILES string of the molecule is CCC(CC)CNC(CN)c1cc(OC)c(OC)cc1Br. The van der Waals surface area contributed by atoms with Crippen molar-refractivity contribution in [2.75, 3.05) is 27.3 Å². The maximum Gasteiger partial charge on any atom is 0.161 e. The van der Waals surface area contributed by atoms with Crippen molar-refractivity contribution in [2.45, 2.75) is 32.7 Å². The summed E-state index contributed by atoms with van der Waals surface area (Å²) in [6.07, 6.45) is 2.35. The van der Waals surface area contributed by atoms with E-state index in [0.717, 1.165) is 22.3 Å². The zero-order chi connectivity index (χ0) is 15.8. The molecule has 4 nitrogen and oxygen atoms in total. The number of rotatable bonds is 9. The van der Waals surface area contributed by atoms with Crippen LogP contribution in [-0.4, -0.2) is 27.3 Å². The molecular weight excluding hydrogens is 332 g/mol. The fourth-order valence-electron chi connectivity index (χ4n) is 2.34. The molecule has 0 aliphatic carbocycles. The van der Waals surface area contributed by atoms with Gasteiger partial charge in [-0.25, -0.2) is 0 Å². The third kappa shape index (κ3) is 4.87. The number of nitrogens with two attached hydrogens (primary N) is 1. The molecule has 3 N–H and O–H groups in total. The maximum absolute atomic E-state index is 5.95. The molecule has 1 aromatic carbocycles. The normalized spacial score (nSPS) is 12.5. The maximum atomic E-state index is 5.95. The fraction of sp³-hybridized carbons (Fsp3) is 0.625. The Hall–Kier alpha value is -0.780. The van der Waals surface area contributed by atoms with Crippen molar-refractivity contribution < 1.29 is 9.47 Å². The average molecular weight is 359 g/mol. The van der Waals surface area contributed by atoms with Gasteiger partial charge in [-0.15, -0.1) is 0 Å². The van der Waals surface area contributed by atoms with Crippen LogP contribution < -0.4 is 20.5 Å². The number of benzene rings is 1. The summed E-state index contributed by atoms with van der Waals surface area (Å²) in [5, 5.41) is 3.57. The van der Waals surface area contributed by atoms with Crippen molar-refractivity contribution in [3.8, 4) is 11.5 Å². The number of ether oxygens (including phenoxy) is 2. The first kappa shape index (κ1) is 18.3. The molecule has 1 atom stereocenters. The Morgan fingerprint density at radius 2 is 1.71 bits per heavy atom. The summed E-state index contributed by atoms with van der Waals surface area (Å²) in [7, 11) is 3.28. The Labute approximate surface area is 136 Å². The van der Waals surface area contributed by atoms with Gasteiger partial charge in [0.05, 0.1) is 14.2 Å². The van der Waals surface area contributed by atoms with Crippen LogP contribution in [0.1, 0.15) is 38.3 Å². The highest BCUT2D eigenvalue weighted by molar-refractivity contribution is 9.10. The lowest BCUT2D eigenvalue weighted by molar-refractivity contribution is 0.353. The second kappa shape index (κ2) is 9.28. The quantitative estimate of drug-likeness (QED) is 0.709. The number of methoxy groups -OCH3 is 2. The molecule has 0 saturated heterocycles. The van der Waals surface area contributed by atoms with Crippen molar-refractivity contribution in [1.29, 1.82) is 0 Å². The van der Waals surface area contributed by atoms with Gasteiger partial charge in [0.15, 0.2) is 11.5 Å². The molecule has 21 heavy (non-hydrogen) atoms. The van der Waals surface area contributed by atoms with Gasteiger partial charge in [0.2, 0.25) is 0 Å². The molecule has 1 rings (SSSR count). The van der Waals surface area contributed by atoms with Crippen LogP contribution in [0.5, 0.6) is 11.5 Å². The van der Waals surface area contributed by atoms with Gasteiger partial charge in [0.25, 0.3) is 0 Å². The van der Waals surface area contributed by atoms with Gasteiger partial charge >= 0.3 is 0 Å². The Kier molecular flexibility index (Phi) is 8.07. The Balaban J connectivity index is 2.94. The third-order valence-electron chi connectivity index (χ3n) is 3.92. The molecule has 1 unspecified atom stereocenters. The minimum Gasteiger partial charge on any atom is -0.493 e. The monoisotopic (exact) mass is 358 g/mol. The van der Waals surface area contributed by atoms with E-state index in [1.165, 1.54) is 12.8 Å². The summed E-state index contributed by atoms with van der Waals surface area (Å²) in [6.45, 7) is 5.95. The zero-order valence-corrected chi connectivity index (χ0v) is 15.0. The molecule has 0 spiro atoms. The lowest BCUT2D eigenvalue weighted by atomic mass is 10.0. The molecule has 120 valence electrons. The minimum absolute atomic E-state index is 0.0970. The van der Waals surface area contributed by atoms with Crippen LogP contribution in [0.2, 0.25) is 0 Å². The number of nitrogens with one attached hydrogen (secondary N) is 1. The van der Waals surface area contributed by atoms with Crippen molar-refractivity contribution in [2.24, 2.45) is 11.7 Å². The van der Waals surface area contributed by atoms with E-state index < -0.39 is 0 Å². The summed E-state index contributed by atoms with van der Waals surface area (Å²) < 4.78 is 11.7. The summed E-state index contributed by atoms with van der Waals surface area (Å²) in [4.78, 5) is 0. The topological polar surface area (TPSA) is 56.5 Å². The average Bonchev–Trinajstić information content (AvgIpc) is 2.52. The predicted molar refractivity (Wildman–Crippen MR) is 91.1 cm³/mol. The second-order valence-corrected chi connectivity index (χ2v) is 5.96. The summed E-state index contributed by atoms with van der Waals surface area (Å²) in [5.41, 5.74) is 7.05. The molecular formula is C16H27BrN2O2. The van der Waals surface area contributed by atoms with Gasteiger partial charge in [-0.1, -0.05) is 42.6 Å². The van der Waals surface area contributed by atoms with E-state index in [1.54, 1.807) is 14.2 Å². The van der Waals surface area contributed by atoms with Crippen LogP contribution in [0.3, 0.4) is 0 Å². The van der Waals surface area contributed by atoms with Gasteiger partial charge in [0.1, 0.15) is 0 Å². The van der Waals surface area contributed by atoms with Crippen molar-refractivity contribution >= 4 is 15.9 Å². The molecule has 5 heteroatoms. The highest BCUT2D eigenvalue weighted by Gasteiger charge is 2.17. The van der Waals surface area contributed by atoms with Gasteiger partial charge in [-0.2, -0.15) is 0 Å². The molecule has 0 aromatic heterocycles. The Morgan fingerprint density at radius 3 is 2.19 bits per heavy atom. The lowest BCUT2D eigenvalue weighted by Crippen LogP contribution is -2.32. The molecule has 0 fully saturated rings. The number of halogens is 1. The third-order valence-corrected chi connectivity index (χ3v) is 4.61. The highest BCUT2D eigenvalue weighted by Crippen LogP contribution is 2.35. The van der Waals surface area contributed by atoms with E-state index >= 15 is 0 Å².